The van der Waals surface area contributed by atoms with Crippen molar-refractivity contribution in [3.63, 3.8) is 0 Å². The first-order chi connectivity index (χ1) is 14.9. The maximum absolute atomic E-state index is 13.2. The lowest BCUT2D eigenvalue weighted by molar-refractivity contribution is 0.579. The first-order valence-corrected chi connectivity index (χ1v) is 12.0. The highest BCUT2D eigenvalue weighted by atomic mass is 32.2. The van der Waals surface area contributed by atoms with Crippen molar-refractivity contribution in [3.05, 3.63) is 75.3 Å². The van der Waals surface area contributed by atoms with Gasteiger partial charge in [-0.3, -0.25) is 9.78 Å². The molecule has 0 atom stereocenters. The summed E-state index contributed by atoms with van der Waals surface area (Å²) in [5.74, 6) is 0. The SMILES string of the molecule is CCc1ccc(-c2nn(C)c(=O)c3c2CCCC3)cc1S(=O)(=O)NCc1ccccn1. The summed E-state index contributed by atoms with van der Waals surface area (Å²) in [4.78, 5) is 17.0. The van der Waals surface area contributed by atoms with E-state index >= 15 is 0 Å². The first-order valence-electron chi connectivity index (χ1n) is 10.5. The van der Waals surface area contributed by atoms with E-state index in [4.69, 9.17) is 0 Å². The number of aromatic nitrogens is 3. The normalized spacial score (nSPS) is 13.7. The molecule has 2 aromatic heterocycles. The van der Waals surface area contributed by atoms with E-state index in [1.807, 2.05) is 25.1 Å². The van der Waals surface area contributed by atoms with Crippen molar-refractivity contribution < 1.29 is 8.42 Å². The Hall–Kier alpha value is -2.84. The fourth-order valence-electron chi connectivity index (χ4n) is 4.08. The van der Waals surface area contributed by atoms with Gasteiger partial charge in [0.1, 0.15) is 0 Å². The van der Waals surface area contributed by atoms with Gasteiger partial charge in [-0.2, -0.15) is 5.10 Å². The molecule has 1 N–H and O–H groups in total. The van der Waals surface area contributed by atoms with Crippen LogP contribution in [0.5, 0.6) is 0 Å². The summed E-state index contributed by atoms with van der Waals surface area (Å²) in [7, 11) is -2.11. The van der Waals surface area contributed by atoms with Crippen LogP contribution in [0.3, 0.4) is 0 Å². The first kappa shape index (κ1) is 21.4. The van der Waals surface area contributed by atoms with Gasteiger partial charge in [0.15, 0.2) is 0 Å². The van der Waals surface area contributed by atoms with Crippen molar-refractivity contribution in [1.29, 1.82) is 0 Å². The van der Waals surface area contributed by atoms with Crippen LogP contribution in [0, 0.1) is 0 Å². The Labute approximate surface area is 182 Å². The van der Waals surface area contributed by atoms with Crippen LogP contribution in [0.4, 0.5) is 0 Å². The van der Waals surface area contributed by atoms with E-state index in [-0.39, 0.29) is 17.0 Å². The Morgan fingerprint density at radius 2 is 1.87 bits per heavy atom. The second-order valence-electron chi connectivity index (χ2n) is 7.76. The largest absolute Gasteiger partial charge is 0.269 e. The van der Waals surface area contributed by atoms with Gasteiger partial charge < -0.3 is 0 Å². The maximum atomic E-state index is 13.2. The summed E-state index contributed by atoms with van der Waals surface area (Å²) in [6.45, 7) is 2.04. The van der Waals surface area contributed by atoms with Crippen LogP contribution in [0.25, 0.3) is 11.3 Å². The lowest BCUT2D eigenvalue weighted by Gasteiger charge is -2.20. The molecule has 162 valence electrons. The lowest BCUT2D eigenvalue weighted by Crippen LogP contribution is -2.28. The molecular formula is C23H26N4O3S. The smallest absolute Gasteiger partial charge is 0.268 e. The number of nitrogens with one attached hydrogen (secondary N) is 1. The number of fused-ring (bicyclic) bond motifs is 1. The predicted molar refractivity (Wildman–Crippen MR) is 119 cm³/mol. The molecule has 2 heterocycles. The highest BCUT2D eigenvalue weighted by Crippen LogP contribution is 2.30. The van der Waals surface area contributed by atoms with Gasteiger partial charge in [0.2, 0.25) is 10.0 Å². The summed E-state index contributed by atoms with van der Waals surface area (Å²) in [6, 6.07) is 10.8. The molecule has 0 aliphatic heterocycles. The zero-order valence-corrected chi connectivity index (χ0v) is 18.6. The summed E-state index contributed by atoms with van der Waals surface area (Å²) in [5.41, 5.74) is 4.47. The molecule has 0 unspecified atom stereocenters. The third-order valence-corrected chi connectivity index (χ3v) is 7.22. The van der Waals surface area contributed by atoms with Crippen molar-refractivity contribution in [2.24, 2.45) is 7.05 Å². The van der Waals surface area contributed by atoms with Gasteiger partial charge in [0, 0.05) is 24.4 Å². The number of hydrogen-bond donors (Lipinski definition) is 1. The van der Waals surface area contributed by atoms with Gasteiger partial charge in [-0.1, -0.05) is 25.1 Å². The number of aryl methyl sites for hydroxylation is 2. The molecule has 0 radical (unpaired) electrons. The van der Waals surface area contributed by atoms with Gasteiger partial charge in [0.25, 0.3) is 5.56 Å². The Morgan fingerprint density at radius 1 is 1.10 bits per heavy atom. The van der Waals surface area contributed by atoms with E-state index in [1.165, 1.54) is 4.68 Å². The summed E-state index contributed by atoms with van der Waals surface area (Å²) in [6.07, 6.45) is 5.72. The highest BCUT2D eigenvalue weighted by molar-refractivity contribution is 7.89. The molecule has 4 rings (SSSR count). The number of hydrogen-bond acceptors (Lipinski definition) is 5. The van der Waals surface area contributed by atoms with Crippen molar-refractivity contribution in [1.82, 2.24) is 19.5 Å². The minimum absolute atomic E-state index is 0.0616. The lowest BCUT2D eigenvalue weighted by atomic mass is 9.89. The molecule has 0 spiro atoms. The number of sulfonamides is 1. The van der Waals surface area contributed by atoms with Crippen molar-refractivity contribution >= 4 is 10.0 Å². The van der Waals surface area contributed by atoms with E-state index in [2.05, 4.69) is 14.8 Å². The third kappa shape index (κ3) is 4.31. The van der Waals surface area contributed by atoms with Crippen molar-refractivity contribution in [2.75, 3.05) is 0 Å². The highest BCUT2D eigenvalue weighted by Gasteiger charge is 2.23. The third-order valence-electron chi connectivity index (χ3n) is 5.74. The molecule has 0 amide bonds. The van der Waals surface area contributed by atoms with Crippen LogP contribution in [-0.4, -0.2) is 23.2 Å². The second-order valence-corrected chi connectivity index (χ2v) is 9.50. The van der Waals surface area contributed by atoms with Crippen LogP contribution in [-0.2, 0) is 42.9 Å². The number of nitrogens with zero attached hydrogens (tertiary/aromatic N) is 3. The van der Waals surface area contributed by atoms with Gasteiger partial charge >= 0.3 is 0 Å². The number of rotatable bonds is 6. The second kappa shape index (κ2) is 8.72. The van der Waals surface area contributed by atoms with Gasteiger partial charge in [-0.05, 0) is 61.4 Å². The fourth-order valence-corrected chi connectivity index (χ4v) is 5.41. The van der Waals surface area contributed by atoms with Crippen LogP contribution < -0.4 is 10.3 Å². The average molecular weight is 439 g/mol. The van der Waals surface area contributed by atoms with Gasteiger partial charge in [0.05, 0.1) is 22.8 Å². The minimum Gasteiger partial charge on any atom is -0.268 e. The van der Waals surface area contributed by atoms with E-state index in [0.717, 1.165) is 42.4 Å². The number of pyridine rings is 1. The minimum atomic E-state index is -3.76. The molecule has 7 nitrogen and oxygen atoms in total. The van der Waals surface area contributed by atoms with Crippen LogP contribution in [0.1, 0.15) is 42.1 Å². The van der Waals surface area contributed by atoms with E-state index in [9.17, 15) is 13.2 Å². The molecule has 1 aliphatic carbocycles. The van der Waals surface area contributed by atoms with Crippen molar-refractivity contribution in [2.45, 2.75) is 50.5 Å². The molecule has 3 aromatic rings. The Balaban J connectivity index is 1.77. The van der Waals surface area contributed by atoms with E-state index < -0.39 is 10.0 Å². The summed E-state index contributed by atoms with van der Waals surface area (Å²) >= 11 is 0. The molecule has 31 heavy (non-hydrogen) atoms. The summed E-state index contributed by atoms with van der Waals surface area (Å²) in [5, 5.41) is 4.51. The zero-order valence-electron chi connectivity index (χ0n) is 17.8. The zero-order chi connectivity index (χ0) is 22.0. The van der Waals surface area contributed by atoms with E-state index in [0.29, 0.717) is 23.4 Å². The number of benzene rings is 1. The molecule has 1 aliphatic rings. The van der Waals surface area contributed by atoms with Crippen LogP contribution in [0.2, 0.25) is 0 Å². The molecule has 0 bridgehead atoms. The molecule has 0 saturated heterocycles. The van der Waals surface area contributed by atoms with E-state index in [1.54, 1.807) is 31.4 Å². The standard InChI is InChI=1S/C23H26N4O3S/c1-3-16-11-12-17(22-19-9-4-5-10-20(19)23(28)27(2)26-22)14-21(16)31(29,30)25-15-18-8-6-7-13-24-18/h6-8,11-14,25H,3-5,9-10,15H2,1-2H3. The molecule has 0 saturated carbocycles. The predicted octanol–water partition coefficient (Wildman–Crippen LogP) is 2.76. The monoisotopic (exact) mass is 438 g/mol. The van der Waals surface area contributed by atoms with Gasteiger partial charge in [-0.25, -0.2) is 17.8 Å². The topological polar surface area (TPSA) is 94.0 Å². The molecule has 8 heteroatoms. The quantitative estimate of drug-likeness (QED) is 0.639. The molecular weight excluding hydrogens is 412 g/mol. The Kier molecular flexibility index (Phi) is 6.02. The summed E-state index contributed by atoms with van der Waals surface area (Å²) < 4.78 is 30.4. The van der Waals surface area contributed by atoms with Crippen LogP contribution in [0.15, 0.2) is 52.3 Å². The maximum Gasteiger partial charge on any atom is 0.269 e. The Morgan fingerprint density at radius 3 is 2.58 bits per heavy atom. The van der Waals surface area contributed by atoms with Crippen molar-refractivity contribution in [3.8, 4) is 11.3 Å². The van der Waals surface area contributed by atoms with Gasteiger partial charge in [-0.15, -0.1) is 0 Å². The average Bonchev–Trinajstić information content (AvgIpc) is 2.80. The molecule has 1 aromatic carbocycles. The fraction of sp³-hybridized carbons (Fsp3) is 0.348. The molecule has 0 fully saturated rings. The Bertz CT molecular complexity index is 1270. The van der Waals surface area contributed by atoms with Crippen LogP contribution >= 0.6 is 0 Å².